The van der Waals surface area contributed by atoms with E-state index in [9.17, 15) is 24.6 Å². The number of amides is 2. The van der Waals surface area contributed by atoms with E-state index in [4.69, 9.17) is 0 Å². The van der Waals surface area contributed by atoms with Gasteiger partial charge in [0.15, 0.2) is 0 Å². The van der Waals surface area contributed by atoms with Crippen molar-refractivity contribution in [2.45, 2.75) is 26.3 Å². The van der Waals surface area contributed by atoms with Crippen LogP contribution in [0.15, 0.2) is 0 Å². The van der Waals surface area contributed by atoms with Crippen LogP contribution in [0.25, 0.3) is 0 Å². The van der Waals surface area contributed by atoms with Gasteiger partial charge in [-0.15, -0.1) is 0 Å². The Hall–Kier alpha value is -0.220. The van der Waals surface area contributed by atoms with Gasteiger partial charge in [0.25, 0.3) is 5.91 Å². The van der Waals surface area contributed by atoms with Crippen molar-refractivity contribution in [1.82, 2.24) is 5.32 Å². The number of carbonyl (C=O) groups is 3. The van der Waals surface area contributed by atoms with Gasteiger partial charge in [-0.25, -0.2) is 4.79 Å². The minimum absolute atomic E-state index is 0.0488. The number of anilines is 1. The van der Waals surface area contributed by atoms with Gasteiger partial charge in [-0.05, 0) is 81.6 Å². The molecule has 0 atom stereocenters. The van der Waals surface area contributed by atoms with E-state index in [1.54, 1.807) is 13.8 Å². The molecule has 0 saturated heterocycles. The van der Waals surface area contributed by atoms with Gasteiger partial charge in [-0.2, -0.15) is 0 Å². The second kappa shape index (κ2) is 8.44. The number of hydrogen-bond donors (Lipinski definition) is 4. The van der Waals surface area contributed by atoms with E-state index in [0.717, 1.165) is 0 Å². The number of aliphatic hydroxyl groups is 1. The Bertz CT molecular complexity index is 719. The predicted octanol–water partition coefficient (Wildman–Crippen LogP) is 2.66. The van der Waals surface area contributed by atoms with Crippen molar-refractivity contribution in [2.24, 2.45) is 0 Å². The van der Waals surface area contributed by atoms with Crippen molar-refractivity contribution >= 4 is 91.2 Å². The molecule has 0 saturated carbocycles. The summed E-state index contributed by atoms with van der Waals surface area (Å²) in [4.78, 5) is 35.7. The lowest BCUT2D eigenvalue weighted by atomic mass is 10.0. The number of carbonyl (C=O) groups excluding carboxylic acids is 2. The maximum Gasteiger partial charge on any atom is 0.337 e. The zero-order valence-electron chi connectivity index (χ0n) is 13.0. The quantitative estimate of drug-likeness (QED) is 0.360. The SMILES string of the molecule is CC(=O)Nc1c(I)c(C(=O)O)c(I)c(C(=O)NC(C)(C)CO)c1I. The Morgan fingerprint density at radius 1 is 1.04 bits per heavy atom. The van der Waals surface area contributed by atoms with Crippen LogP contribution >= 0.6 is 67.8 Å². The van der Waals surface area contributed by atoms with Gasteiger partial charge in [-0.3, -0.25) is 9.59 Å². The van der Waals surface area contributed by atoms with Crippen molar-refractivity contribution in [2.75, 3.05) is 11.9 Å². The zero-order chi connectivity index (χ0) is 18.8. The number of halogens is 3. The molecule has 0 aliphatic heterocycles. The van der Waals surface area contributed by atoms with E-state index in [0.29, 0.717) is 7.14 Å². The first-order valence-electron chi connectivity index (χ1n) is 6.57. The molecular weight excluding hydrogens is 657 g/mol. The Morgan fingerprint density at radius 2 is 1.54 bits per heavy atom. The van der Waals surface area contributed by atoms with E-state index >= 15 is 0 Å². The van der Waals surface area contributed by atoms with E-state index in [-0.39, 0.29) is 32.9 Å². The van der Waals surface area contributed by atoms with Crippen molar-refractivity contribution < 1.29 is 24.6 Å². The Labute approximate surface area is 179 Å². The molecule has 0 fully saturated rings. The maximum absolute atomic E-state index is 12.6. The van der Waals surface area contributed by atoms with Gasteiger partial charge < -0.3 is 20.8 Å². The summed E-state index contributed by atoms with van der Waals surface area (Å²) in [6.45, 7) is 4.31. The van der Waals surface area contributed by atoms with E-state index in [1.807, 2.05) is 67.8 Å². The van der Waals surface area contributed by atoms with Crippen molar-refractivity contribution in [1.29, 1.82) is 0 Å². The molecule has 2 amide bonds. The monoisotopic (exact) mass is 672 g/mol. The van der Waals surface area contributed by atoms with Gasteiger partial charge in [-0.1, -0.05) is 0 Å². The van der Waals surface area contributed by atoms with Crippen LogP contribution in [0.3, 0.4) is 0 Å². The highest BCUT2D eigenvalue weighted by Gasteiger charge is 2.30. The van der Waals surface area contributed by atoms with Gasteiger partial charge in [0, 0.05) is 10.5 Å². The number of benzene rings is 1. The summed E-state index contributed by atoms with van der Waals surface area (Å²) in [6.07, 6.45) is 0. The van der Waals surface area contributed by atoms with Crippen LogP contribution in [0.2, 0.25) is 0 Å². The van der Waals surface area contributed by atoms with Crippen LogP contribution < -0.4 is 10.6 Å². The highest BCUT2D eigenvalue weighted by Crippen LogP contribution is 2.35. The van der Waals surface area contributed by atoms with Crippen molar-refractivity contribution in [3.8, 4) is 0 Å². The topological polar surface area (TPSA) is 116 Å². The second-order valence-corrected chi connectivity index (χ2v) is 8.79. The van der Waals surface area contributed by atoms with Gasteiger partial charge in [0.1, 0.15) is 0 Å². The van der Waals surface area contributed by atoms with Gasteiger partial charge in [0.05, 0.1) is 36.1 Å². The largest absolute Gasteiger partial charge is 0.478 e. The smallest absolute Gasteiger partial charge is 0.337 e. The third-order valence-electron chi connectivity index (χ3n) is 2.91. The lowest BCUT2D eigenvalue weighted by Gasteiger charge is -2.25. The minimum Gasteiger partial charge on any atom is -0.478 e. The maximum atomic E-state index is 12.6. The van der Waals surface area contributed by atoms with E-state index in [1.165, 1.54) is 6.92 Å². The minimum atomic E-state index is -1.19. The number of hydrogen-bond acceptors (Lipinski definition) is 4. The first-order chi connectivity index (χ1) is 10.9. The van der Waals surface area contributed by atoms with Gasteiger partial charge in [0.2, 0.25) is 5.91 Å². The number of rotatable bonds is 5. The third kappa shape index (κ3) is 4.91. The molecular formula is C14H15I3N2O5. The number of carboxylic acids is 1. The van der Waals surface area contributed by atoms with Crippen molar-refractivity contribution in [3.63, 3.8) is 0 Å². The van der Waals surface area contributed by atoms with Crippen LogP contribution in [-0.4, -0.2) is 40.1 Å². The fourth-order valence-corrected chi connectivity index (χ4v) is 6.13. The molecule has 1 aromatic rings. The highest BCUT2D eigenvalue weighted by atomic mass is 127. The number of carboxylic acid groups (broad SMARTS) is 1. The summed E-state index contributed by atoms with van der Waals surface area (Å²) in [5.41, 5.74) is -0.482. The van der Waals surface area contributed by atoms with E-state index < -0.39 is 17.4 Å². The fraction of sp³-hybridized carbons (Fsp3) is 0.357. The molecule has 0 radical (unpaired) electrons. The van der Waals surface area contributed by atoms with Crippen LogP contribution in [0.1, 0.15) is 41.5 Å². The molecule has 0 aromatic heterocycles. The first-order valence-corrected chi connectivity index (χ1v) is 9.81. The van der Waals surface area contributed by atoms with Crippen LogP contribution in [0.5, 0.6) is 0 Å². The summed E-state index contributed by atoms with van der Waals surface area (Å²) < 4.78 is 1.06. The molecule has 24 heavy (non-hydrogen) atoms. The van der Waals surface area contributed by atoms with Crippen LogP contribution in [0, 0.1) is 10.7 Å². The Kier molecular flexibility index (Phi) is 7.67. The Morgan fingerprint density at radius 3 is 1.96 bits per heavy atom. The summed E-state index contributed by atoms with van der Waals surface area (Å²) >= 11 is 5.55. The van der Waals surface area contributed by atoms with Crippen LogP contribution in [0.4, 0.5) is 5.69 Å². The molecule has 132 valence electrons. The molecule has 4 N–H and O–H groups in total. The third-order valence-corrected chi connectivity index (χ3v) is 6.14. The molecule has 10 heteroatoms. The lowest BCUT2D eigenvalue weighted by molar-refractivity contribution is -0.114. The van der Waals surface area contributed by atoms with Gasteiger partial charge >= 0.3 is 5.97 Å². The van der Waals surface area contributed by atoms with E-state index in [2.05, 4.69) is 10.6 Å². The first kappa shape index (κ1) is 21.8. The molecule has 0 heterocycles. The molecule has 0 unspecified atom stereocenters. The molecule has 0 aliphatic carbocycles. The zero-order valence-corrected chi connectivity index (χ0v) is 19.4. The second-order valence-electron chi connectivity index (χ2n) is 5.55. The number of nitrogens with one attached hydrogen (secondary N) is 2. The molecule has 0 bridgehead atoms. The summed E-state index contributed by atoms with van der Waals surface area (Å²) in [5.74, 6) is -2.08. The number of aromatic carboxylic acids is 1. The molecule has 0 spiro atoms. The average molecular weight is 672 g/mol. The average Bonchev–Trinajstić information content (AvgIpc) is 2.42. The summed E-state index contributed by atoms with van der Waals surface area (Å²) in [7, 11) is 0. The lowest BCUT2D eigenvalue weighted by Crippen LogP contribution is -2.46. The molecule has 1 aromatic carbocycles. The summed E-state index contributed by atoms with van der Waals surface area (Å²) in [5, 5.41) is 24.1. The Balaban J connectivity index is 3.65. The molecule has 1 rings (SSSR count). The van der Waals surface area contributed by atoms with Crippen LogP contribution in [-0.2, 0) is 4.79 Å². The molecule has 0 aliphatic rings. The van der Waals surface area contributed by atoms with Crippen molar-refractivity contribution in [3.05, 3.63) is 21.8 Å². The highest BCUT2D eigenvalue weighted by molar-refractivity contribution is 14.1. The summed E-state index contributed by atoms with van der Waals surface area (Å²) in [6, 6.07) is 0. The standard InChI is InChI=1S/C14H15I3N2O5/c1-5(21)18-11-9(16)6(12(22)19-14(2,3)4-20)8(15)7(10(11)17)13(23)24/h20H,4H2,1-3H3,(H,18,21)(H,19,22)(H,23,24). The number of aliphatic hydroxyl groups excluding tert-OH is 1. The predicted molar refractivity (Wildman–Crippen MR) is 114 cm³/mol. The normalized spacial score (nSPS) is 11.1. The molecule has 7 nitrogen and oxygen atoms in total. The fourth-order valence-electron chi connectivity index (χ4n) is 1.75.